The molecule has 0 spiro atoms. The lowest BCUT2D eigenvalue weighted by atomic mass is 9.84. The zero-order valence-corrected chi connectivity index (χ0v) is 16.7. The minimum atomic E-state index is 0.197. The third-order valence-electron chi connectivity index (χ3n) is 3.66. The number of hydrogen-bond donors (Lipinski definition) is 1. The molecule has 2 rings (SSSR count). The molecule has 0 aliphatic rings. The van der Waals surface area contributed by atoms with E-state index in [9.17, 15) is 0 Å². The highest BCUT2D eigenvalue weighted by atomic mass is 32.2. The molecule has 1 N–H and O–H groups in total. The van der Waals surface area contributed by atoms with Gasteiger partial charge < -0.3 is 4.72 Å². The summed E-state index contributed by atoms with van der Waals surface area (Å²) in [4.78, 5) is 1.28. The highest BCUT2D eigenvalue weighted by Crippen LogP contribution is 2.30. The summed E-state index contributed by atoms with van der Waals surface area (Å²) < 4.78 is 3.47. The van der Waals surface area contributed by atoms with Crippen LogP contribution in [0.2, 0.25) is 0 Å². The van der Waals surface area contributed by atoms with E-state index < -0.39 is 0 Å². The van der Waals surface area contributed by atoms with E-state index in [2.05, 4.69) is 82.7 Å². The van der Waals surface area contributed by atoms with Crippen molar-refractivity contribution in [3.05, 3.63) is 58.7 Å². The predicted molar refractivity (Wildman–Crippen MR) is 107 cm³/mol. The number of rotatable bonds is 3. The van der Waals surface area contributed by atoms with Gasteiger partial charge in [-0.25, -0.2) is 0 Å². The van der Waals surface area contributed by atoms with E-state index in [1.807, 2.05) is 13.8 Å². The lowest BCUT2D eigenvalue weighted by Gasteiger charge is -2.22. The molecule has 0 aromatic heterocycles. The van der Waals surface area contributed by atoms with Gasteiger partial charge in [-0.3, -0.25) is 0 Å². The van der Waals surface area contributed by atoms with Gasteiger partial charge in [-0.1, -0.05) is 52.8 Å². The standard InChI is InChI=1S/C19H25NS.C2H6/c1-13-7-8-14(2)18(11-13)21-20-16-9-10-17(15(3)12-16)19(4,5)6;1-2/h7-12,20H,1-6H3;1-2H3. The van der Waals surface area contributed by atoms with Gasteiger partial charge in [-0.15, -0.1) is 0 Å². The molecule has 2 heteroatoms. The van der Waals surface area contributed by atoms with E-state index >= 15 is 0 Å². The Labute approximate surface area is 147 Å². The zero-order chi connectivity index (χ0) is 17.6. The van der Waals surface area contributed by atoms with Crippen LogP contribution in [0.15, 0.2) is 41.3 Å². The van der Waals surface area contributed by atoms with Crippen molar-refractivity contribution in [1.29, 1.82) is 0 Å². The molecule has 0 atom stereocenters. The molecule has 0 radical (unpaired) electrons. The van der Waals surface area contributed by atoms with Crippen molar-refractivity contribution >= 4 is 17.6 Å². The highest BCUT2D eigenvalue weighted by Gasteiger charge is 2.16. The normalized spacial score (nSPS) is 10.8. The van der Waals surface area contributed by atoms with Crippen LogP contribution in [0.25, 0.3) is 0 Å². The molecule has 0 amide bonds. The van der Waals surface area contributed by atoms with E-state index in [1.165, 1.54) is 27.1 Å². The molecule has 0 bridgehead atoms. The van der Waals surface area contributed by atoms with Crippen LogP contribution in [0.5, 0.6) is 0 Å². The average Bonchev–Trinajstić information content (AvgIpc) is 2.49. The molecule has 0 fully saturated rings. The summed E-state index contributed by atoms with van der Waals surface area (Å²) in [5.41, 5.74) is 6.71. The van der Waals surface area contributed by atoms with Crippen molar-refractivity contribution in [3.8, 4) is 0 Å². The Kier molecular flexibility index (Phi) is 7.21. The number of aryl methyl sites for hydroxylation is 3. The molecule has 0 heterocycles. The van der Waals surface area contributed by atoms with Crippen LogP contribution in [0.3, 0.4) is 0 Å². The van der Waals surface area contributed by atoms with Gasteiger partial charge in [0.25, 0.3) is 0 Å². The zero-order valence-electron chi connectivity index (χ0n) is 15.9. The number of nitrogens with one attached hydrogen (secondary N) is 1. The Morgan fingerprint density at radius 1 is 0.826 bits per heavy atom. The molecular weight excluding hydrogens is 298 g/mol. The van der Waals surface area contributed by atoms with E-state index in [4.69, 9.17) is 0 Å². The first-order valence-electron chi connectivity index (χ1n) is 8.38. The Balaban J connectivity index is 0.00000127. The fourth-order valence-electron chi connectivity index (χ4n) is 2.50. The lowest BCUT2D eigenvalue weighted by molar-refractivity contribution is 0.586. The van der Waals surface area contributed by atoms with Crippen molar-refractivity contribution in [2.75, 3.05) is 4.72 Å². The van der Waals surface area contributed by atoms with Crippen LogP contribution in [0, 0.1) is 20.8 Å². The average molecular weight is 330 g/mol. The monoisotopic (exact) mass is 329 g/mol. The van der Waals surface area contributed by atoms with E-state index in [1.54, 1.807) is 11.9 Å². The number of anilines is 1. The molecule has 0 aliphatic carbocycles. The summed E-state index contributed by atoms with van der Waals surface area (Å²) in [5.74, 6) is 0. The first-order chi connectivity index (χ1) is 10.8. The lowest BCUT2D eigenvalue weighted by Crippen LogP contribution is -2.12. The summed E-state index contributed by atoms with van der Waals surface area (Å²) in [6.45, 7) is 17.2. The first kappa shape index (κ1) is 19.6. The van der Waals surface area contributed by atoms with Crippen molar-refractivity contribution < 1.29 is 0 Å². The van der Waals surface area contributed by atoms with Gasteiger partial charge in [0.1, 0.15) is 0 Å². The molecule has 0 unspecified atom stereocenters. The summed E-state index contributed by atoms with van der Waals surface area (Å²) in [6.07, 6.45) is 0. The van der Waals surface area contributed by atoms with Crippen LogP contribution in [-0.4, -0.2) is 0 Å². The van der Waals surface area contributed by atoms with Gasteiger partial charge in [-0.2, -0.15) is 0 Å². The van der Waals surface area contributed by atoms with Gasteiger partial charge in [0.2, 0.25) is 0 Å². The molecule has 0 aliphatic heterocycles. The van der Waals surface area contributed by atoms with Gasteiger partial charge in [0, 0.05) is 10.6 Å². The van der Waals surface area contributed by atoms with Crippen molar-refractivity contribution in [2.24, 2.45) is 0 Å². The molecule has 2 aromatic carbocycles. The summed E-state index contributed by atoms with van der Waals surface area (Å²) >= 11 is 1.69. The fraction of sp³-hybridized carbons (Fsp3) is 0.429. The predicted octanol–water partition coefficient (Wildman–Crippen LogP) is 7.05. The van der Waals surface area contributed by atoms with Gasteiger partial charge >= 0.3 is 0 Å². The van der Waals surface area contributed by atoms with Gasteiger partial charge in [-0.05, 0) is 78.6 Å². The Hall–Kier alpha value is -1.41. The third-order valence-corrected chi connectivity index (χ3v) is 4.65. The molecule has 126 valence electrons. The summed E-state index contributed by atoms with van der Waals surface area (Å²) in [6, 6.07) is 13.2. The summed E-state index contributed by atoms with van der Waals surface area (Å²) in [5, 5.41) is 0. The molecule has 23 heavy (non-hydrogen) atoms. The molecule has 2 aromatic rings. The maximum atomic E-state index is 3.47. The topological polar surface area (TPSA) is 12.0 Å². The third kappa shape index (κ3) is 5.62. The number of benzene rings is 2. The highest BCUT2D eigenvalue weighted by molar-refractivity contribution is 8.00. The van der Waals surface area contributed by atoms with Crippen LogP contribution in [-0.2, 0) is 5.41 Å². The minimum absolute atomic E-state index is 0.197. The second-order valence-electron chi connectivity index (χ2n) is 6.75. The van der Waals surface area contributed by atoms with Gasteiger partial charge in [0.05, 0.1) is 0 Å². The molecule has 1 nitrogen and oxygen atoms in total. The van der Waals surface area contributed by atoms with Crippen LogP contribution in [0.1, 0.15) is 56.9 Å². The van der Waals surface area contributed by atoms with E-state index in [0.717, 1.165) is 5.69 Å². The largest absolute Gasteiger partial charge is 0.326 e. The van der Waals surface area contributed by atoms with Crippen LogP contribution >= 0.6 is 11.9 Å². The number of hydrogen-bond acceptors (Lipinski definition) is 2. The van der Waals surface area contributed by atoms with Crippen LogP contribution < -0.4 is 4.72 Å². The second-order valence-corrected chi connectivity index (χ2v) is 7.60. The Morgan fingerprint density at radius 2 is 1.48 bits per heavy atom. The first-order valence-corrected chi connectivity index (χ1v) is 9.20. The fourth-order valence-corrected chi connectivity index (χ4v) is 3.33. The SMILES string of the molecule is CC.Cc1ccc(C)c(SNc2ccc(C(C)(C)C)c(C)c2)c1. The van der Waals surface area contributed by atoms with Crippen molar-refractivity contribution in [3.63, 3.8) is 0 Å². The minimum Gasteiger partial charge on any atom is -0.326 e. The second kappa shape index (κ2) is 8.44. The van der Waals surface area contributed by atoms with Crippen LogP contribution in [0.4, 0.5) is 5.69 Å². The van der Waals surface area contributed by atoms with Gasteiger partial charge in [0.15, 0.2) is 0 Å². The molecule has 0 saturated carbocycles. The Bertz CT molecular complexity index is 639. The van der Waals surface area contributed by atoms with E-state index in [0.29, 0.717) is 0 Å². The maximum Gasteiger partial charge on any atom is 0.0446 e. The molecule has 0 saturated heterocycles. The van der Waals surface area contributed by atoms with E-state index in [-0.39, 0.29) is 5.41 Å². The van der Waals surface area contributed by atoms with Crippen molar-refractivity contribution in [1.82, 2.24) is 0 Å². The Morgan fingerprint density at radius 3 is 2.04 bits per heavy atom. The smallest absolute Gasteiger partial charge is 0.0446 e. The quantitative estimate of drug-likeness (QED) is 0.605. The summed E-state index contributed by atoms with van der Waals surface area (Å²) in [7, 11) is 0. The van der Waals surface area contributed by atoms with Crippen molar-refractivity contribution in [2.45, 2.75) is 65.7 Å². The molecular formula is C21H31NS. The maximum absolute atomic E-state index is 3.47.